The van der Waals surface area contributed by atoms with Gasteiger partial charge in [-0.3, -0.25) is 9.59 Å². The zero-order valence-electron chi connectivity index (χ0n) is 15.0. The molecule has 8 heteroatoms. The van der Waals surface area contributed by atoms with Gasteiger partial charge in [0.1, 0.15) is 11.6 Å². The van der Waals surface area contributed by atoms with E-state index in [-0.39, 0.29) is 16.8 Å². The van der Waals surface area contributed by atoms with Gasteiger partial charge in [-0.2, -0.15) is 18.4 Å². The predicted octanol–water partition coefficient (Wildman–Crippen LogP) is 4.35. The number of amides is 2. The first-order chi connectivity index (χ1) is 13.1. The average Bonchev–Trinajstić information content (AvgIpc) is 2.62. The molecule has 0 aliphatic carbocycles. The van der Waals surface area contributed by atoms with Gasteiger partial charge in [0, 0.05) is 11.4 Å². The summed E-state index contributed by atoms with van der Waals surface area (Å²) in [6, 6.07) is 12.6. The van der Waals surface area contributed by atoms with Crippen LogP contribution in [-0.4, -0.2) is 18.0 Å². The highest BCUT2D eigenvalue weighted by molar-refractivity contribution is 6.10. The van der Waals surface area contributed by atoms with Crippen molar-refractivity contribution in [1.82, 2.24) is 0 Å². The van der Waals surface area contributed by atoms with Crippen molar-refractivity contribution in [1.29, 1.82) is 5.26 Å². The van der Waals surface area contributed by atoms with Crippen molar-refractivity contribution in [2.75, 3.05) is 10.6 Å². The van der Waals surface area contributed by atoms with E-state index in [1.807, 2.05) is 32.0 Å². The molecule has 2 amide bonds. The van der Waals surface area contributed by atoms with Crippen LogP contribution in [0.25, 0.3) is 6.08 Å². The van der Waals surface area contributed by atoms with Crippen molar-refractivity contribution < 1.29 is 22.8 Å². The van der Waals surface area contributed by atoms with E-state index in [2.05, 4.69) is 5.32 Å². The highest BCUT2D eigenvalue weighted by Gasteiger charge is 2.38. The van der Waals surface area contributed by atoms with E-state index in [4.69, 9.17) is 0 Å². The monoisotopic (exact) mass is 387 g/mol. The molecule has 144 valence electrons. The third-order valence-electron chi connectivity index (χ3n) is 3.80. The van der Waals surface area contributed by atoms with Gasteiger partial charge >= 0.3 is 12.1 Å². The molecule has 0 bridgehead atoms. The van der Waals surface area contributed by atoms with E-state index in [1.165, 1.54) is 30.3 Å². The first-order valence-electron chi connectivity index (χ1n) is 8.09. The van der Waals surface area contributed by atoms with E-state index in [1.54, 1.807) is 11.4 Å². The van der Waals surface area contributed by atoms with Crippen molar-refractivity contribution >= 4 is 29.3 Å². The Labute approximate surface area is 159 Å². The summed E-state index contributed by atoms with van der Waals surface area (Å²) in [5.74, 6) is -2.76. The van der Waals surface area contributed by atoms with E-state index in [0.29, 0.717) is 5.69 Å². The van der Waals surface area contributed by atoms with Crippen LogP contribution in [0.4, 0.5) is 24.5 Å². The first kappa shape index (κ1) is 20.7. The Morgan fingerprint density at radius 1 is 1.04 bits per heavy atom. The molecular weight excluding hydrogens is 371 g/mol. The third-order valence-corrected chi connectivity index (χ3v) is 3.80. The second-order valence-corrected chi connectivity index (χ2v) is 5.97. The number of nitrogens with one attached hydrogen (secondary N) is 2. The predicted molar refractivity (Wildman–Crippen MR) is 99.3 cm³/mol. The SMILES string of the molecule is Cc1cccc(C)c1NC(=O)/C(C#N)=C/c1cccc(NC(=O)C(F)(F)F)c1. The highest BCUT2D eigenvalue weighted by Crippen LogP contribution is 2.22. The number of carbonyl (C=O) groups excluding carboxylic acids is 2. The second-order valence-electron chi connectivity index (χ2n) is 5.97. The Hall–Kier alpha value is -3.60. The van der Waals surface area contributed by atoms with Crippen LogP contribution in [0.2, 0.25) is 0 Å². The summed E-state index contributed by atoms with van der Waals surface area (Å²) < 4.78 is 37.1. The van der Waals surface area contributed by atoms with Gasteiger partial charge in [-0.1, -0.05) is 30.3 Å². The molecule has 2 rings (SSSR count). The number of carbonyl (C=O) groups is 2. The molecule has 0 saturated heterocycles. The molecule has 0 aliphatic heterocycles. The maximum atomic E-state index is 12.4. The van der Waals surface area contributed by atoms with Crippen molar-refractivity contribution in [2.24, 2.45) is 0 Å². The molecule has 28 heavy (non-hydrogen) atoms. The number of anilines is 2. The Kier molecular flexibility index (Phi) is 6.21. The topological polar surface area (TPSA) is 82.0 Å². The quantitative estimate of drug-likeness (QED) is 0.604. The van der Waals surface area contributed by atoms with Crippen LogP contribution in [0, 0.1) is 25.2 Å². The summed E-state index contributed by atoms with van der Waals surface area (Å²) in [7, 11) is 0. The summed E-state index contributed by atoms with van der Waals surface area (Å²) in [5, 5.41) is 13.7. The number of halogens is 3. The lowest BCUT2D eigenvalue weighted by Gasteiger charge is -2.11. The smallest absolute Gasteiger partial charge is 0.321 e. The number of alkyl halides is 3. The maximum absolute atomic E-state index is 12.4. The molecule has 0 aromatic heterocycles. The average molecular weight is 387 g/mol. The molecule has 2 aromatic rings. The molecule has 0 radical (unpaired) electrons. The van der Waals surface area contributed by atoms with Gasteiger partial charge in [0.15, 0.2) is 0 Å². The second kappa shape index (κ2) is 8.39. The normalized spacial score (nSPS) is 11.5. The summed E-state index contributed by atoms with van der Waals surface area (Å²) in [5.41, 5.74) is 2.17. The first-order valence-corrected chi connectivity index (χ1v) is 8.09. The van der Waals surface area contributed by atoms with Crippen molar-refractivity contribution in [3.05, 3.63) is 64.7 Å². The zero-order chi connectivity index (χ0) is 20.9. The number of hydrogen-bond donors (Lipinski definition) is 2. The third kappa shape index (κ3) is 5.20. The van der Waals surface area contributed by atoms with Gasteiger partial charge in [0.05, 0.1) is 0 Å². The Morgan fingerprint density at radius 3 is 2.21 bits per heavy atom. The van der Waals surface area contributed by atoms with Crippen LogP contribution in [0.15, 0.2) is 48.0 Å². The summed E-state index contributed by atoms with van der Waals surface area (Å²) in [6.45, 7) is 3.62. The van der Waals surface area contributed by atoms with Gasteiger partial charge in [-0.15, -0.1) is 0 Å². The molecule has 0 saturated carbocycles. The lowest BCUT2D eigenvalue weighted by molar-refractivity contribution is -0.167. The van der Waals surface area contributed by atoms with Gasteiger partial charge in [-0.05, 0) is 48.7 Å². The van der Waals surface area contributed by atoms with Crippen LogP contribution >= 0.6 is 0 Å². The molecule has 0 heterocycles. The summed E-state index contributed by atoms with van der Waals surface area (Å²) in [6.07, 6.45) is -3.79. The molecule has 2 N–H and O–H groups in total. The molecule has 5 nitrogen and oxygen atoms in total. The van der Waals surface area contributed by atoms with Gasteiger partial charge < -0.3 is 10.6 Å². The maximum Gasteiger partial charge on any atom is 0.471 e. The number of benzene rings is 2. The fraction of sp³-hybridized carbons (Fsp3) is 0.150. The number of para-hydroxylation sites is 1. The highest BCUT2D eigenvalue weighted by atomic mass is 19.4. The lowest BCUT2D eigenvalue weighted by Crippen LogP contribution is -2.29. The van der Waals surface area contributed by atoms with Gasteiger partial charge in [0.25, 0.3) is 5.91 Å². The van der Waals surface area contributed by atoms with Crippen LogP contribution in [0.1, 0.15) is 16.7 Å². The standard InChI is InChI=1S/C20H16F3N3O2/c1-12-5-3-6-13(2)17(12)26-18(27)15(11-24)9-14-7-4-8-16(10-14)25-19(28)20(21,22)23/h3-10H,1-2H3,(H,25,28)(H,26,27)/b15-9+. The molecule has 0 aliphatic rings. The fourth-order valence-corrected chi connectivity index (χ4v) is 2.42. The largest absolute Gasteiger partial charge is 0.471 e. The minimum atomic E-state index is -5.02. The van der Waals surface area contributed by atoms with Crippen LogP contribution in [0.3, 0.4) is 0 Å². The summed E-state index contributed by atoms with van der Waals surface area (Å²) in [4.78, 5) is 23.5. The number of hydrogen-bond acceptors (Lipinski definition) is 3. The molecular formula is C20H16F3N3O2. The van der Waals surface area contributed by atoms with Crippen molar-refractivity contribution in [3.8, 4) is 6.07 Å². The molecule has 2 aromatic carbocycles. The molecule has 0 fully saturated rings. The van der Waals surface area contributed by atoms with E-state index in [9.17, 15) is 28.0 Å². The Morgan fingerprint density at radius 2 is 1.64 bits per heavy atom. The minimum Gasteiger partial charge on any atom is -0.321 e. The fourth-order valence-electron chi connectivity index (χ4n) is 2.42. The van der Waals surface area contributed by atoms with E-state index >= 15 is 0 Å². The van der Waals surface area contributed by atoms with E-state index < -0.39 is 18.0 Å². The number of rotatable bonds is 4. The number of aryl methyl sites for hydroxylation is 2. The van der Waals surface area contributed by atoms with Crippen molar-refractivity contribution in [3.63, 3.8) is 0 Å². The summed E-state index contributed by atoms with van der Waals surface area (Å²) >= 11 is 0. The van der Waals surface area contributed by atoms with Crippen LogP contribution < -0.4 is 10.6 Å². The minimum absolute atomic E-state index is 0.108. The molecule has 0 unspecified atom stereocenters. The Balaban J connectivity index is 2.25. The van der Waals surface area contributed by atoms with Gasteiger partial charge in [0.2, 0.25) is 0 Å². The molecule has 0 spiro atoms. The van der Waals surface area contributed by atoms with E-state index in [0.717, 1.165) is 11.1 Å². The van der Waals surface area contributed by atoms with Crippen LogP contribution in [-0.2, 0) is 9.59 Å². The van der Waals surface area contributed by atoms with Crippen LogP contribution in [0.5, 0.6) is 0 Å². The number of nitriles is 1. The number of nitrogens with zero attached hydrogens (tertiary/aromatic N) is 1. The molecule has 0 atom stereocenters. The lowest BCUT2D eigenvalue weighted by atomic mass is 10.1. The van der Waals surface area contributed by atoms with Gasteiger partial charge in [-0.25, -0.2) is 0 Å². The zero-order valence-corrected chi connectivity index (χ0v) is 15.0. The van der Waals surface area contributed by atoms with Crippen molar-refractivity contribution in [2.45, 2.75) is 20.0 Å². The Bertz CT molecular complexity index is 969.